The summed E-state index contributed by atoms with van der Waals surface area (Å²) in [5.41, 5.74) is 1.44. The summed E-state index contributed by atoms with van der Waals surface area (Å²) in [5, 5.41) is 3.64. The quantitative estimate of drug-likeness (QED) is 0.583. The Morgan fingerprint density at radius 3 is 3.00 bits per heavy atom. The molecule has 0 aliphatic carbocycles. The predicted octanol–water partition coefficient (Wildman–Crippen LogP) is 2.26. The molecule has 20 heavy (non-hydrogen) atoms. The Balaban J connectivity index is 1.57. The molecular formula is C17H24N2S. The van der Waals surface area contributed by atoms with E-state index >= 15 is 0 Å². The van der Waals surface area contributed by atoms with Gasteiger partial charge in [0.1, 0.15) is 0 Å². The van der Waals surface area contributed by atoms with E-state index < -0.39 is 0 Å². The van der Waals surface area contributed by atoms with Crippen molar-refractivity contribution in [2.75, 3.05) is 37.7 Å². The maximum absolute atomic E-state index is 5.23. The van der Waals surface area contributed by atoms with E-state index in [-0.39, 0.29) is 0 Å². The Kier molecular flexibility index (Phi) is 7.00. The molecule has 1 heterocycles. The lowest BCUT2D eigenvalue weighted by molar-refractivity contribution is 0.332. The maximum Gasteiger partial charge on any atom is 0.0545 e. The van der Waals surface area contributed by atoms with E-state index in [1.165, 1.54) is 31.6 Å². The second-order valence-corrected chi connectivity index (χ2v) is 6.34. The molecule has 1 aliphatic rings. The molecule has 1 unspecified atom stereocenters. The minimum absolute atomic E-state index is 0.664. The lowest BCUT2D eigenvalue weighted by Gasteiger charge is -2.16. The highest BCUT2D eigenvalue weighted by molar-refractivity contribution is 7.99. The van der Waals surface area contributed by atoms with Crippen molar-refractivity contribution in [3.05, 3.63) is 35.9 Å². The predicted molar refractivity (Wildman–Crippen MR) is 89.2 cm³/mol. The summed E-state index contributed by atoms with van der Waals surface area (Å²) in [5.74, 6) is 4.61. The minimum Gasteiger partial charge on any atom is -0.312 e. The zero-order chi connectivity index (χ0) is 14.0. The van der Waals surface area contributed by atoms with Crippen LogP contribution in [0.4, 0.5) is 0 Å². The summed E-state index contributed by atoms with van der Waals surface area (Å²) in [7, 11) is 0. The van der Waals surface area contributed by atoms with Crippen LogP contribution in [-0.2, 0) is 6.42 Å². The fraction of sp³-hybridized carbons (Fsp3) is 0.529. The standard InChI is InChI=1S/C17H24N2S/c1-2-13-20-14-10-18-17-9-12-19(15-17)11-8-16-6-4-3-5-7-16/h1,3-7,17-18H,8-15H2. The SMILES string of the molecule is C#CCSCCNC1CCN(CCc2ccccc2)C1. The molecule has 1 aromatic rings. The Bertz CT molecular complexity index is 413. The Hall–Kier alpha value is -0.950. The first-order chi connectivity index (χ1) is 9.88. The maximum atomic E-state index is 5.23. The first kappa shape index (κ1) is 15.4. The topological polar surface area (TPSA) is 15.3 Å². The van der Waals surface area contributed by atoms with Crippen LogP contribution in [-0.4, -0.2) is 48.6 Å². The van der Waals surface area contributed by atoms with Gasteiger partial charge in [0.05, 0.1) is 5.75 Å². The summed E-state index contributed by atoms with van der Waals surface area (Å²) in [6, 6.07) is 11.4. The van der Waals surface area contributed by atoms with E-state index in [0.717, 1.165) is 24.5 Å². The average molecular weight is 288 g/mol. The van der Waals surface area contributed by atoms with Gasteiger partial charge in [-0.15, -0.1) is 18.2 Å². The van der Waals surface area contributed by atoms with Gasteiger partial charge in [-0.2, -0.15) is 0 Å². The zero-order valence-corrected chi connectivity index (χ0v) is 12.9. The summed E-state index contributed by atoms with van der Waals surface area (Å²) < 4.78 is 0. The fourth-order valence-corrected chi connectivity index (χ4v) is 3.12. The third-order valence-corrected chi connectivity index (χ3v) is 4.56. The third kappa shape index (κ3) is 5.58. The van der Waals surface area contributed by atoms with Crippen molar-refractivity contribution in [2.45, 2.75) is 18.9 Å². The molecule has 0 saturated carbocycles. The van der Waals surface area contributed by atoms with E-state index in [2.05, 4.69) is 46.5 Å². The van der Waals surface area contributed by atoms with Gasteiger partial charge in [0.15, 0.2) is 0 Å². The largest absolute Gasteiger partial charge is 0.312 e. The van der Waals surface area contributed by atoms with Gasteiger partial charge in [-0.05, 0) is 24.9 Å². The zero-order valence-electron chi connectivity index (χ0n) is 12.1. The van der Waals surface area contributed by atoms with E-state index in [1.54, 1.807) is 0 Å². The Labute approximate surface area is 127 Å². The molecule has 1 aromatic carbocycles. The molecule has 0 radical (unpaired) electrons. The number of nitrogens with one attached hydrogen (secondary N) is 1. The van der Waals surface area contributed by atoms with E-state index in [4.69, 9.17) is 6.42 Å². The second-order valence-electron chi connectivity index (χ2n) is 5.23. The lowest BCUT2D eigenvalue weighted by atomic mass is 10.1. The first-order valence-corrected chi connectivity index (χ1v) is 8.55. The number of rotatable bonds is 8. The molecule has 3 heteroatoms. The average Bonchev–Trinajstić information content (AvgIpc) is 2.94. The van der Waals surface area contributed by atoms with Crippen molar-refractivity contribution in [3.8, 4) is 12.3 Å². The van der Waals surface area contributed by atoms with Crippen molar-refractivity contribution in [1.29, 1.82) is 0 Å². The first-order valence-electron chi connectivity index (χ1n) is 7.39. The highest BCUT2D eigenvalue weighted by atomic mass is 32.2. The molecule has 0 aromatic heterocycles. The number of thioether (sulfide) groups is 1. The van der Waals surface area contributed by atoms with Crippen LogP contribution in [0.1, 0.15) is 12.0 Å². The summed E-state index contributed by atoms with van der Waals surface area (Å²) >= 11 is 1.83. The van der Waals surface area contributed by atoms with E-state index in [1.807, 2.05) is 11.8 Å². The van der Waals surface area contributed by atoms with Gasteiger partial charge >= 0.3 is 0 Å². The van der Waals surface area contributed by atoms with Crippen LogP contribution < -0.4 is 5.32 Å². The molecule has 1 aliphatic heterocycles. The highest BCUT2D eigenvalue weighted by Gasteiger charge is 2.21. The molecule has 0 amide bonds. The highest BCUT2D eigenvalue weighted by Crippen LogP contribution is 2.10. The van der Waals surface area contributed by atoms with Gasteiger partial charge in [-0.3, -0.25) is 0 Å². The van der Waals surface area contributed by atoms with Crippen molar-refractivity contribution in [1.82, 2.24) is 10.2 Å². The van der Waals surface area contributed by atoms with Crippen LogP contribution in [0.5, 0.6) is 0 Å². The van der Waals surface area contributed by atoms with Gasteiger partial charge in [0, 0.05) is 31.4 Å². The second kappa shape index (κ2) is 9.07. The number of likely N-dealkylation sites (tertiary alicyclic amines) is 1. The van der Waals surface area contributed by atoms with Crippen LogP contribution in [0, 0.1) is 12.3 Å². The van der Waals surface area contributed by atoms with Gasteiger partial charge in [-0.25, -0.2) is 0 Å². The Morgan fingerprint density at radius 2 is 2.20 bits per heavy atom. The molecule has 0 spiro atoms. The summed E-state index contributed by atoms with van der Waals surface area (Å²) in [6.07, 6.45) is 7.67. The lowest BCUT2D eigenvalue weighted by Crippen LogP contribution is -2.34. The molecule has 1 fully saturated rings. The van der Waals surface area contributed by atoms with Gasteiger partial charge in [-0.1, -0.05) is 36.3 Å². The van der Waals surface area contributed by atoms with Gasteiger partial charge in [0.2, 0.25) is 0 Å². The normalized spacial score (nSPS) is 19.1. The van der Waals surface area contributed by atoms with Crippen LogP contribution >= 0.6 is 11.8 Å². The van der Waals surface area contributed by atoms with Crippen LogP contribution in [0.3, 0.4) is 0 Å². The monoisotopic (exact) mass is 288 g/mol. The number of hydrogen-bond donors (Lipinski definition) is 1. The smallest absolute Gasteiger partial charge is 0.0545 e. The van der Waals surface area contributed by atoms with Crippen molar-refractivity contribution in [3.63, 3.8) is 0 Å². The van der Waals surface area contributed by atoms with E-state index in [0.29, 0.717) is 6.04 Å². The molecule has 1 atom stereocenters. The van der Waals surface area contributed by atoms with Crippen molar-refractivity contribution < 1.29 is 0 Å². The molecule has 1 N–H and O–H groups in total. The molecule has 1 saturated heterocycles. The Morgan fingerprint density at radius 1 is 1.35 bits per heavy atom. The van der Waals surface area contributed by atoms with Gasteiger partial charge < -0.3 is 10.2 Å². The fourth-order valence-electron chi connectivity index (χ4n) is 2.60. The van der Waals surface area contributed by atoms with Crippen LogP contribution in [0.2, 0.25) is 0 Å². The molecular weight excluding hydrogens is 264 g/mol. The van der Waals surface area contributed by atoms with Crippen molar-refractivity contribution >= 4 is 11.8 Å². The van der Waals surface area contributed by atoms with Crippen molar-refractivity contribution in [2.24, 2.45) is 0 Å². The number of nitrogens with zero attached hydrogens (tertiary/aromatic N) is 1. The minimum atomic E-state index is 0.664. The molecule has 0 bridgehead atoms. The van der Waals surface area contributed by atoms with E-state index in [9.17, 15) is 0 Å². The number of benzene rings is 1. The summed E-state index contributed by atoms with van der Waals surface area (Å²) in [4.78, 5) is 2.57. The number of terminal acetylenes is 1. The molecule has 108 valence electrons. The van der Waals surface area contributed by atoms with Gasteiger partial charge in [0.25, 0.3) is 0 Å². The van der Waals surface area contributed by atoms with Crippen LogP contribution in [0.25, 0.3) is 0 Å². The summed E-state index contributed by atoms with van der Waals surface area (Å²) in [6.45, 7) is 4.66. The number of hydrogen-bond acceptors (Lipinski definition) is 3. The molecule has 2 nitrogen and oxygen atoms in total. The van der Waals surface area contributed by atoms with Crippen LogP contribution in [0.15, 0.2) is 30.3 Å². The third-order valence-electron chi connectivity index (χ3n) is 3.70. The molecule has 2 rings (SSSR count).